The van der Waals surface area contributed by atoms with Crippen LogP contribution < -0.4 is 21.3 Å². The predicted molar refractivity (Wildman–Crippen MR) is 216 cm³/mol. The van der Waals surface area contributed by atoms with Crippen molar-refractivity contribution in [3.8, 4) is 0 Å². The van der Waals surface area contributed by atoms with Gasteiger partial charge >= 0.3 is 12.2 Å². The summed E-state index contributed by atoms with van der Waals surface area (Å²) in [4.78, 5) is 95.3. The number of carbonyl (C=O) groups is 7. The van der Waals surface area contributed by atoms with Crippen molar-refractivity contribution in [1.82, 2.24) is 26.2 Å². The second kappa shape index (κ2) is 24.4. The van der Waals surface area contributed by atoms with Gasteiger partial charge in [0.2, 0.25) is 11.8 Å². The van der Waals surface area contributed by atoms with Gasteiger partial charge in [-0.1, -0.05) is 116 Å². The Bertz CT molecular complexity index is 1500. The molecule has 4 N–H and O–H groups in total. The van der Waals surface area contributed by atoms with Crippen molar-refractivity contribution in [3.05, 3.63) is 71.8 Å². The summed E-state index contributed by atoms with van der Waals surface area (Å²) in [6, 6.07) is 13.4. The molecule has 2 aromatic carbocycles. The lowest BCUT2D eigenvalue weighted by Crippen LogP contribution is -2.60. The van der Waals surface area contributed by atoms with Crippen LogP contribution in [0, 0.1) is 23.7 Å². The molecule has 0 aliphatic rings. The van der Waals surface area contributed by atoms with Crippen molar-refractivity contribution in [1.29, 1.82) is 0 Å². The average molecular weight is 794 g/mol. The monoisotopic (exact) mass is 793 g/mol. The third-order valence-corrected chi connectivity index (χ3v) is 8.61. The van der Waals surface area contributed by atoms with E-state index < -0.39 is 72.3 Å². The number of Topliss-reactive ketones (excluding diaryl/α,β-unsaturated/α-hetero) is 1. The summed E-state index contributed by atoms with van der Waals surface area (Å²) < 4.78 is 10.7. The predicted octanol–water partition coefficient (Wildman–Crippen LogP) is 5.67. The molecule has 6 amide bonds. The SMILES string of the molecule is CC(=O)CN(C(=O)[C@H](CC(C)C)NC(=O)[C@H](CC(C)C)NC(=O)OCc1ccccc1)C(=O)[C@H](CC(C)C)NC(=O)[C@H](CC(C)C)NC(=O)OCc1ccccc1. The zero-order valence-corrected chi connectivity index (χ0v) is 35.0. The van der Waals surface area contributed by atoms with Crippen LogP contribution in [0.2, 0.25) is 0 Å². The van der Waals surface area contributed by atoms with Crippen LogP contribution in [-0.2, 0) is 46.7 Å². The topological polar surface area (TPSA) is 189 Å². The Morgan fingerprint density at radius 3 is 1.11 bits per heavy atom. The summed E-state index contributed by atoms with van der Waals surface area (Å²) in [5.74, 6) is -3.86. The van der Waals surface area contributed by atoms with E-state index in [1.54, 1.807) is 24.3 Å². The van der Waals surface area contributed by atoms with Gasteiger partial charge in [0.25, 0.3) is 11.8 Å². The molecule has 2 aromatic rings. The minimum absolute atomic E-state index is 0.0139. The van der Waals surface area contributed by atoms with Gasteiger partial charge in [-0.05, 0) is 67.4 Å². The number of carbonyl (C=O) groups excluding carboxylic acids is 7. The van der Waals surface area contributed by atoms with Crippen molar-refractivity contribution in [2.24, 2.45) is 23.7 Å². The van der Waals surface area contributed by atoms with E-state index in [0.717, 1.165) is 16.0 Å². The van der Waals surface area contributed by atoms with E-state index in [0.29, 0.717) is 0 Å². The molecule has 0 unspecified atom stereocenters. The molecule has 0 saturated carbocycles. The lowest BCUT2D eigenvalue weighted by atomic mass is 9.98. The first-order chi connectivity index (χ1) is 26.9. The first-order valence-corrected chi connectivity index (χ1v) is 19.8. The molecule has 0 spiro atoms. The number of rotatable bonds is 22. The molecule has 0 aromatic heterocycles. The Balaban J connectivity index is 2.33. The van der Waals surface area contributed by atoms with E-state index in [-0.39, 0.29) is 62.6 Å². The van der Waals surface area contributed by atoms with Gasteiger partial charge in [0.05, 0.1) is 6.54 Å². The largest absolute Gasteiger partial charge is 0.445 e. The van der Waals surface area contributed by atoms with Crippen molar-refractivity contribution < 1.29 is 43.0 Å². The number of imide groups is 1. The second-order valence-corrected chi connectivity index (χ2v) is 16.1. The molecule has 14 heteroatoms. The molecular weight excluding hydrogens is 730 g/mol. The summed E-state index contributed by atoms with van der Waals surface area (Å²) >= 11 is 0. The van der Waals surface area contributed by atoms with Crippen LogP contribution >= 0.6 is 0 Å². The molecule has 0 saturated heterocycles. The van der Waals surface area contributed by atoms with Gasteiger partial charge in [0.15, 0.2) is 0 Å². The summed E-state index contributed by atoms with van der Waals surface area (Å²) in [5.41, 5.74) is 1.52. The van der Waals surface area contributed by atoms with E-state index >= 15 is 0 Å². The molecule has 0 bridgehead atoms. The van der Waals surface area contributed by atoms with Gasteiger partial charge in [0.1, 0.15) is 43.2 Å². The maximum Gasteiger partial charge on any atom is 0.408 e. The highest BCUT2D eigenvalue weighted by molar-refractivity contribution is 6.05. The molecule has 2 rings (SSSR count). The van der Waals surface area contributed by atoms with E-state index in [1.807, 2.05) is 91.8 Å². The Morgan fingerprint density at radius 2 is 0.807 bits per heavy atom. The molecule has 0 aliphatic heterocycles. The number of ether oxygens (including phenoxy) is 2. The Hall–Kier alpha value is -5.27. The molecule has 14 nitrogen and oxygen atoms in total. The molecule has 0 aliphatic carbocycles. The van der Waals surface area contributed by atoms with Crippen molar-refractivity contribution in [2.75, 3.05) is 6.54 Å². The van der Waals surface area contributed by atoms with Gasteiger partial charge in [0, 0.05) is 0 Å². The zero-order valence-electron chi connectivity index (χ0n) is 35.0. The lowest BCUT2D eigenvalue weighted by Gasteiger charge is -2.32. The molecular formula is C43H63N5O9. The number of amides is 6. The second-order valence-electron chi connectivity index (χ2n) is 16.1. The van der Waals surface area contributed by atoms with Gasteiger partial charge in [-0.2, -0.15) is 0 Å². The first kappa shape index (κ1) is 47.9. The zero-order chi connectivity index (χ0) is 42.7. The molecule has 4 atom stereocenters. The van der Waals surface area contributed by atoms with Crippen molar-refractivity contribution >= 4 is 41.6 Å². The number of hydrogen-bond donors (Lipinski definition) is 4. The third-order valence-electron chi connectivity index (χ3n) is 8.61. The van der Waals surface area contributed by atoms with Crippen LogP contribution in [0.4, 0.5) is 9.59 Å². The fourth-order valence-electron chi connectivity index (χ4n) is 6.01. The fourth-order valence-corrected chi connectivity index (χ4v) is 6.01. The standard InChI is InChI=1S/C43H63N5O9/c1-27(2)20-34(46-42(54)56-25-32-16-12-10-13-17-32)38(50)44-36(22-29(5)6)40(52)48(24-31(9)49)41(53)37(23-30(7)8)45-39(51)35(21-28(3)4)47-43(55)57-26-33-18-14-11-15-19-33/h10-19,27-30,34-37H,20-26H2,1-9H3,(H,44,50)(H,45,51)(H,46,54)(H,47,55)/t34-,35-,36-,37-/m0/s1. The highest BCUT2D eigenvalue weighted by Crippen LogP contribution is 2.16. The first-order valence-electron chi connectivity index (χ1n) is 19.8. The van der Waals surface area contributed by atoms with Gasteiger partial charge in [-0.3, -0.25) is 28.9 Å². The van der Waals surface area contributed by atoms with Crippen molar-refractivity contribution in [3.63, 3.8) is 0 Å². The smallest absolute Gasteiger partial charge is 0.408 e. The lowest BCUT2D eigenvalue weighted by molar-refractivity contribution is -0.152. The maximum atomic E-state index is 14.3. The van der Waals surface area contributed by atoms with Crippen LogP contribution in [0.15, 0.2) is 60.7 Å². The van der Waals surface area contributed by atoms with Crippen LogP contribution in [0.1, 0.15) is 99.1 Å². The third kappa shape index (κ3) is 18.5. The quantitative estimate of drug-likeness (QED) is 0.116. The van der Waals surface area contributed by atoms with Gasteiger partial charge in [-0.25, -0.2) is 9.59 Å². The van der Waals surface area contributed by atoms with Crippen LogP contribution in [-0.4, -0.2) is 77.2 Å². The van der Waals surface area contributed by atoms with E-state index in [4.69, 9.17) is 9.47 Å². The van der Waals surface area contributed by atoms with E-state index in [9.17, 15) is 33.6 Å². The van der Waals surface area contributed by atoms with E-state index in [2.05, 4.69) is 21.3 Å². The normalized spacial score (nSPS) is 13.3. The molecule has 0 heterocycles. The van der Waals surface area contributed by atoms with E-state index in [1.165, 1.54) is 6.92 Å². The molecule has 0 radical (unpaired) electrons. The number of hydrogen-bond acceptors (Lipinski definition) is 9. The van der Waals surface area contributed by atoms with Crippen LogP contribution in [0.25, 0.3) is 0 Å². The molecule has 57 heavy (non-hydrogen) atoms. The maximum absolute atomic E-state index is 14.3. The number of benzene rings is 2. The summed E-state index contributed by atoms with van der Waals surface area (Å²) in [6.45, 7) is 15.4. The average Bonchev–Trinajstić information content (AvgIpc) is 3.13. The van der Waals surface area contributed by atoms with Gasteiger partial charge < -0.3 is 30.7 Å². The number of nitrogens with zero attached hydrogens (tertiary/aromatic N) is 1. The number of nitrogens with one attached hydrogen (secondary N) is 4. The molecule has 0 fully saturated rings. The highest BCUT2D eigenvalue weighted by Gasteiger charge is 2.38. The Morgan fingerprint density at radius 1 is 0.491 bits per heavy atom. The Kier molecular flexibility index (Phi) is 20.5. The highest BCUT2D eigenvalue weighted by atomic mass is 16.6. The van der Waals surface area contributed by atoms with Crippen LogP contribution in [0.5, 0.6) is 0 Å². The fraction of sp³-hybridized carbons (Fsp3) is 0.558. The molecule has 314 valence electrons. The minimum atomic E-state index is -1.26. The summed E-state index contributed by atoms with van der Waals surface area (Å²) in [6.07, 6.45) is -0.988. The minimum Gasteiger partial charge on any atom is -0.445 e. The van der Waals surface area contributed by atoms with Crippen LogP contribution in [0.3, 0.4) is 0 Å². The Labute approximate surface area is 337 Å². The van der Waals surface area contributed by atoms with Crippen molar-refractivity contribution in [2.45, 2.75) is 125 Å². The summed E-state index contributed by atoms with van der Waals surface area (Å²) in [5, 5.41) is 10.7. The summed E-state index contributed by atoms with van der Waals surface area (Å²) in [7, 11) is 0. The number of ketones is 1. The van der Waals surface area contributed by atoms with Gasteiger partial charge in [-0.15, -0.1) is 0 Å². The number of alkyl carbamates (subject to hydrolysis) is 2.